The van der Waals surface area contributed by atoms with Crippen LogP contribution in [0.15, 0.2) is 10.5 Å². The van der Waals surface area contributed by atoms with Crippen LogP contribution in [0.5, 0.6) is 11.5 Å². The number of aldehydes is 1. The smallest absolute Gasteiger partial charge is 0.195 e. The molecule has 0 bridgehead atoms. The van der Waals surface area contributed by atoms with Crippen molar-refractivity contribution in [2.45, 2.75) is 0 Å². The van der Waals surface area contributed by atoms with Gasteiger partial charge in [0.2, 0.25) is 0 Å². The number of aromatic hydroxyl groups is 1. The molecule has 1 aromatic rings. The Balaban J connectivity index is 3.45. The van der Waals surface area contributed by atoms with Crippen molar-refractivity contribution in [3.05, 3.63) is 21.9 Å². The molecule has 70 valence electrons. The van der Waals surface area contributed by atoms with Gasteiger partial charge in [0.15, 0.2) is 23.6 Å². The molecule has 5 heteroatoms. The lowest BCUT2D eigenvalue weighted by molar-refractivity contribution is 0.111. The Morgan fingerprint density at radius 2 is 2.31 bits per heavy atom. The van der Waals surface area contributed by atoms with Crippen molar-refractivity contribution in [1.82, 2.24) is 0 Å². The van der Waals surface area contributed by atoms with Gasteiger partial charge in [-0.15, -0.1) is 0 Å². The molecule has 0 spiro atoms. The summed E-state index contributed by atoms with van der Waals surface area (Å²) in [4.78, 5) is 10.4. The quantitative estimate of drug-likeness (QED) is 0.816. The standard InChI is InChI=1S/C8H6BrFO3/c1-13-6-2-5(9)4(3-11)7(10)8(6)12/h2-3,12H,1H3. The number of phenolic OH excluding ortho intramolecular Hbond substituents is 1. The first kappa shape index (κ1) is 9.98. The summed E-state index contributed by atoms with van der Waals surface area (Å²) in [5, 5.41) is 9.15. The first-order chi connectivity index (χ1) is 6.11. The van der Waals surface area contributed by atoms with Crippen LogP contribution in [0.1, 0.15) is 10.4 Å². The molecule has 0 aromatic heterocycles. The summed E-state index contributed by atoms with van der Waals surface area (Å²) in [6.45, 7) is 0. The Labute approximate surface area is 82.3 Å². The van der Waals surface area contributed by atoms with Gasteiger partial charge in [0.1, 0.15) is 0 Å². The first-order valence-electron chi connectivity index (χ1n) is 3.32. The molecule has 3 nitrogen and oxygen atoms in total. The summed E-state index contributed by atoms with van der Waals surface area (Å²) in [6.07, 6.45) is 0.318. The van der Waals surface area contributed by atoms with Gasteiger partial charge < -0.3 is 9.84 Å². The van der Waals surface area contributed by atoms with Gasteiger partial charge in [0, 0.05) is 4.47 Å². The Hall–Kier alpha value is -1.10. The van der Waals surface area contributed by atoms with Crippen LogP contribution in [0.25, 0.3) is 0 Å². The van der Waals surface area contributed by atoms with Crippen molar-refractivity contribution < 1.29 is 19.0 Å². The fraction of sp³-hybridized carbons (Fsp3) is 0.125. The lowest BCUT2D eigenvalue weighted by atomic mass is 10.2. The molecule has 0 aliphatic carbocycles. The number of hydrogen-bond donors (Lipinski definition) is 1. The third-order valence-corrected chi connectivity index (χ3v) is 2.19. The number of rotatable bonds is 2. The lowest BCUT2D eigenvalue weighted by Gasteiger charge is -2.06. The Bertz CT molecular complexity index is 352. The summed E-state index contributed by atoms with van der Waals surface area (Å²) in [7, 11) is 1.29. The van der Waals surface area contributed by atoms with E-state index in [0.717, 1.165) is 0 Å². The molecule has 0 aliphatic heterocycles. The number of hydrogen-bond acceptors (Lipinski definition) is 3. The predicted octanol–water partition coefficient (Wildman–Crippen LogP) is 2.11. The Morgan fingerprint density at radius 1 is 1.69 bits per heavy atom. The maximum Gasteiger partial charge on any atom is 0.195 e. The normalized spacial score (nSPS) is 9.77. The number of carbonyl (C=O) groups is 1. The minimum Gasteiger partial charge on any atom is -0.502 e. The van der Waals surface area contributed by atoms with Crippen LogP contribution in [0.2, 0.25) is 0 Å². The van der Waals surface area contributed by atoms with Gasteiger partial charge in [0.05, 0.1) is 12.7 Å². The van der Waals surface area contributed by atoms with Crippen molar-refractivity contribution in [1.29, 1.82) is 0 Å². The average Bonchev–Trinajstić information content (AvgIpc) is 2.12. The van der Waals surface area contributed by atoms with Gasteiger partial charge in [-0.3, -0.25) is 4.79 Å². The van der Waals surface area contributed by atoms with Crippen LogP contribution in [0.3, 0.4) is 0 Å². The molecule has 1 rings (SSSR count). The van der Waals surface area contributed by atoms with Crippen LogP contribution >= 0.6 is 15.9 Å². The topological polar surface area (TPSA) is 46.5 Å². The van der Waals surface area contributed by atoms with Crippen LogP contribution in [0, 0.1) is 5.82 Å². The maximum absolute atomic E-state index is 13.1. The molecule has 0 atom stereocenters. The Kier molecular flexibility index (Phi) is 2.87. The largest absolute Gasteiger partial charge is 0.502 e. The van der Waals surface area contributed by atoms with E-state index in [2.05, 4.69) is 20.7 Å². The van der Waals surface area contributed by atoms with Crippen molar-refractivity contribution >= 4 is 22.2 Å². The van der Waals surface area contributed by atoms with Crippen LogP contribution in [0.4, 0.5) is 4.39 Å². The van der Waals surface area contributed by atoms with E-state index in [0.29, 0.717) is 6.29 Å². The molecule has 0 amide bonds. The van der Waals surface area contributed by atoms with E-state index < -0.39 is 11.6 Å². The highest BCUT2D eigenvalue weighted by Gasteiger charge is 2.16. The van der Waals surface area contributed by atoms with Gasteiger partial charge in [-0.05, 0) is 22.0 Å². The maximum atomic E-state index is 13.1. The second-order valence-electron chi connectivity index (χ2n) is 2.25. The molecule has 1 N–H and O–H groups in total. The molecule has 13 heavy (non-hydrogen) atoms. The minimum absolute atomic E-state index is 0.0185. The van der Waals surface area contributed by atoms with Crippen LogP contribution in [-0.4, -0.2) is 18.5 Å². The zero-order valence-corrected chi connectivity index (χ0v) is 8.26. The fourth-order valence-corrected chi connectivity index (χ4v) is 1.34. The van der Waals surface area contributed by atoms with Gasteiger partial charge >= 0.3 is 0 Å². The highest BCUT2D eigenvalue weighted by atomic mass is 79.9. The Morgan fingerprint density at radius 3 is 2.77 bits per heavy atom. The van der Waals surface area contributed by atoms with Crippen LogP contribution in [-0.2, 0) is 0 Å². The van der Waals surface area contributed by atoms with Crippen LogP contribution < -0.4 is 4.74 Å². The van der Waals surface area contributed by atoms with E-state index in [1.165, 1.54) is 13.2 Å². The number of ether oxygens (including phenoxy) is 1. The molecule has 0 saturated carbocycles. The van der Waals surface area contributed by atoms with Gasteiger partial charge in [-0.2, -0.15) is 0 Å². The van der Waals surface area contributed by atoms with E-state index in [4.69, 9.17) is 5.11 Å². The molecule has 0 saturated heterocycles. The van der Waals surface area contributed by atoms with Gasteiger partial charge in [-0.25, -0.2) is 4.39 Å². The molecular weight excluding hydrogens is 243 g/mol. The second-order valence-corrected chi connectivity index (χ2v) is 3.11. The van der Waals surface area contributed by atoms with Crippen molar-refractivity contribution in [2.75, 3.05) is 7.11 Å². The van der Waals surface area contributed by atoms with Gasteiger partial charge in [0.25, 0.3) is 0 Å². The van der Waals surface area contributed by atoms with E-state index in [9.17, 15) is 9.18 Å². The van der Waals surface area contributed by atoms with E-state index >= 15 is 0 Å². The lowest BCUT2D eigenvalue weighted by Crippen LogP contribution is -1.93. The third kappa shape index (κ3) is 1.65. The molecule has 0 fully saturated rings. The summed E-state index contributed by atoms with van der Waals surface area (Å²) < 4.78 is 18.0. The van der Waals surface area contributed by atoms with E-state index in [-0.39, 0.29) is 15.8 Å². The summed E-state index contributed by atoms with van der Waals surface area (Å²) in [6, 6.07) is 1.32. The summed E-state index contributed by atoms with van der Waals surface area (Å²) >= 11 is 2.97. The highest BCUT2D eigenvalue weighted by molar-refractivity contribution is 9.10. The molecule has 0 unspecified atom stereocenters. The summed E-state index contributed by atoms with van der Waals surface area (Å²) in [5.41, 5.74) is -0.224. The molecule has 1 aromatic carbocycles. The second kappa shape index (κ2) is 3.74. The number of methoxy groups -OCH3 is 1. The van der Waals surface area contributed by atoms with E-state index in [1.807, 2.05) is 0 Å². The van der Waals surface area contributed by atoms with Crippen molar-refractivity contribution in [2.24, 2.45) is 0 Å². The highest BCUT2D eigenvalue weighted by Crippen LogP contribution is 2.35. The predicted molar refractivity (Wildman–Crippen MR) is 47.7 cm³/mol. The van der Waals surface area contributed by atoms with Crippen molar-refractivity contribution in [3.8, 4) is 11.5 Å². The average molecular weight is 249 g/mol. The van der Waals surface area contributed by atoms with Gasteiger partial charge in [-0.1, -0.05) is 0 Å². The van der Waals surface area contributed by atoms with Crippen molar-refractivity contribution in [3.63, 3.8) is 0 Å². The molecule has 0 radical (unpaired) electrons. The molecule has 0 aliphatic rings. The first-order valence-corrected chi connectivity index (χ1v) is 4.11. The molecular formula is C8H6BrFO3. The number of carbonyl (C=O) groups excluding carboxylic acids is 1. The number of halogens is 2. The number of benzene rings is 1. The summed E-state index contributed by atoms with van der Waals surface area (Å²) in [5.74, 6) is -1.66. The number of phenols is 1. The van der Waals surface area contributed by atoms with E-state index in [1.54, 1.807) is 0 Å². The zero-order chi connectivity index (χ0) is 10.0. The molecule has 0 heterocycles. The SMILES string of the molecule is COc1cc(Br)c(C=O)c(F)c1O. The third-order valence-electron chi connectivity index (χ3n) is 1.53. The monoisotopic (exact) mass is 248 g/mol. The fourth-order valence-electron chi connectivity index (χ4n) is 0.865. The zero-order valence-electron chi connectivity index (χ0n) is 6.67. The minimum atomic E-state index is -0.985.